The Kier molecular flexibility index (Phi) is 5.13. The van der Waals surface area contributed by atoms with E-state index in [0.717, 1.165) is 37.7 Å². The van der Waals surface area contributed by atoms with Gasteiger partial charge in [-0.25, -0.2) is 9.37 Å². The van der Waals surface area contributed by atoms with Crippen molar-refractivity contribution in [3.63, 3.8) is 0 Å². The van der Waals surface area contributed by atoms with Crippen LogP contribution in [-0.4, -0.2) is 69.3 Å². The van der Waals surface area contributed by atoms with Crippen molar-refractivity contribution >= 4 is 17.4 Å². The molecule has 1 N–H and O–H groups in total. The molecule has 28 heavy (non-hydrogen) atoms. The summed E-state index contributed by atoms with van der Waals surface area (Å²) in [5, 5.41) is 3.37. The topological polar surface area (TPSA) is 65.8 Å². The van der Waals surface area contributed by atoms with Crippen LogP contribution in [0.25, 0.3) is 5.65 Å². The molecule has 1 saturated heterocycles. The number of imidazole rings is 1. The van der Waals surface area contributed by atoms with E-state index in [4.69, 9.17) is 4.98 Å². The van der Waals surface area contributed by atoms with Crippen LogP contribution in [0.3, 0.4) is 0 Å². The van der Waals surface area contributed by atoms with Gasteiger partial charge in [0.15, 0.2) is 5.65 Å². The van der Waals surface area contributed by atoms with E-state index in [9.17, 15) is 9.18 Å². The minimum atomic E-state index is -0.393. The van der Waals surface area contributed by atoms with Gasteiger partial charge in [0.05, 0.1) is 11.9 Å². The Balaban J connectivity index is 1.59. The Morgan fingerprint density at radius 1 is 1.32 bits per heavy atom. The van der Waals surface area contributed by atoms with Crippen LogP contribution in [0.4, 0.5) is 10.2 Å². The first-order valence-corrected chi connectivity index (χ1v) is 9.62. The number of carbonyl (C=O) groups is 1. The molecule has 0 bridgehead atoms. The van der Waals surface area contributed by atoms with Gasteiger partial charge in [0, 0.05) is 44.5 Å². The van der Waals surface area contributed by atoms with Gasteiger partial charge in [-0.2, -0.15) is 0 Å². The van der Waals surface area contributed by atoms with Crippen LogP contribution in [0.1, 0.15) is 25.0 Å². The highest BCUT2D eigenvalue weighted by molar-refractivity contribution is 5.84. The predicted molar refractivity (Wildman–Crippen MR) is 106 cm³/mol. The lowest BCUT2D eigenvalue weighted by molar-refractivity contribution is -0.133. The summed E-state index contributed by atoms with van der Waals surface area (Å²) in [6, 6.07) is -0.393. The molecule has 148 valence electrons. The van der Waals surface area contributed by atoms with Crippen LogP contribution in [0.15, 0.2) is 42.6 Å². The number of amides is 1. The first-order valence-electron chi connectivity index (χ1n) is 9.62. The number of piperazine rings is 1. The SMILES string of the molecule is CC(Nc1c(C2C=CC(F)=CC2)nc2cnccn12)C(=O)N1CCN(C)CC1. The van der Waals surface area contributed by atoms with Gasteiger partial charge >= 0.3 is 0 Å². The number of hydrogen-bond acceptors (Lipinski definition) is 5. The summed E-state index contributed by atoms with van der Waals surface area (Å²) < 4.78 is 15.3. The quantitative estimate of drug-likeness (QED) is 0.876. The van der Waals surface area contributed by atoms with E-state index in [1.54, 1.807) is 18.5 Å². The molecule has 2 aromatic heterocycles. The Bertz CT molecular complexity index is 928. The smallest absolute Gasteiger partial charge is 0.244 e. The van der Waals surface area contributed by atoms with Gasteiger partial charge in [-0.05, 0) is 32.5 Å². The van der Waals surface area contributed by atoms with Crippen molar-refractivity contribution in [1.29, 1.82) is 0 Å². The lowest BCUT2D eigenvalue weighted by atomic mass is 9.96. The average molecular weight is 384 g/mol. The molecule has 8 heteroatoms. The summed E-state index contributed by atoms with van der Waals surface area (Å²) in [6.45, 7) is 5.12. The first-order chi connectivity index (χ1) is 13.5. The van der Waals surface area contributed by atoms with E-state index >= 15 is 0 Å². The third-order valence-corrected chi connectivity index (χ3v) is 5.40. The number of aromatic nitrogens is 3. The van der Waals surface area contributed by atoms with Crippen LogP contribution in [-0.2, 0) is 4.79 Å². The highest BCUT2D eigenvalue weighted by Gasteiger charge is 2.27. The number of nitrogens with one attached hydrogen (secondary N) is 1. The Labute approximate surface area is 163 Å². The standard InChI is InChI=1S/C20H25FN6O/c1-14(20(28)26-11-9-25(2)10-12-26)23-19-18(15-3-5-16(21)6-4-15)24-17-13-22-7-8-27(17)19/h3,5-8,13-15,23H,4,9-12H2,1-2H3. The fourth-order valence-electron chi connectivity index (χ4n) is 3.69. The van der Waals surface area contributed by atoms with Crippen molar-refractivity contribution in [1.82, 2.24) is 24.2 Å². The molecule has 1 fully saturated rings. The average Bonchev–Trinajstić information content (AvgIpc) is 3.07. The monoisotopic (exact) mass is 384 g/mol. The second-order valence-electron chi connectivity index (χ2n) is 7.44. The van der Waals surface area contributed by atoms with Gasteiger partial charge in [-0.1, -0.05) is 6.08 Å². The Hall–Kier alpha value is -2.74. The molecule has 7 nitrogen and oxygen atoms in total. The van der Waals surface area contributed by atoms with Crippen LogP contribution in [0.5, 0.6) is 0 Å². The molecule has 1 aliphatic carbocycles. The number of anilines is 1. The summed E-state index contributed by atoms with van der Waals surface area (Å²) in [5.74, 6) is 0.563. The van der Waals surface area contributed by atoms with Gasteiger partial charge in [0.25, 0.3) is 0 Å². The zero-order valence-electron chi connectivity index (χ0n) is 16.2. The van der Waals surface area contributed by atoms with Crippen LogP contribution >= 0.6 is 0 Å². The maximum atomic E-state index is 13.4. The highest BCUT2D eigenvalue weighted by Crippen LogP contribution is 2.32. The molecule has 2 atom stereocenters. The number of fused-ring (bicyclic) bond motifs is 1. The zero-order valence-corrected chi connectivity index (χ0v) is 16.2. The predicted octanol–water partition coefficient (Wildman–Crippen LogP) is 2.20. The number of nitrogens with zero attached hydrogens (tertiary/aromatic N) is 5. The minimum Gasteiger partial charge on any atom is -0.358 e. The van der Waals surface area contributed by atoms with Gasteiger partial charge in [-0.15, -0.1) is 0 Å². The maximum Gasteiger partial charge on any atom is 0.244 e. The highest BCUT2D eigenvalue weighted by atomic mass is 19.1. The van der Waals surface area contributed by atoms with Gasteiger partial charge in [0.1, 0.15) is 17.7 Å². The van der Waals surface area contributed by atoms with E-state index in [1.807, 2.05) is 28.5 Å². The van der Waals surface area contributed by atoms with Gasteiger partial charge in [-0.3, -0.25) is 14.2 Å². The molecule has 0 aromatic carbocycles. The van der Waals surface area contributed by atoms with E-state index in [0.29, 0.717) is 12.1 Å². The molecular formula is C20H25FN6O. The van der Waals surface area contributed by atoms with Gasteiger partial charge in [0.2, 0.25) is 5.91 Å². The van der Waals surface area contributed by atoms with Crippen molar-refractivity contribution in [2.45, 2.75) is 25.3 Å². The van der Waals surface area contributed by atoms with Crippen LogP contribution < -0.4 is 5.32 Å². The molecule has 3 heterocycles. The largest absolute Gasteiger partial charge is 0.358 e. The van der Waals surface area contributed by atoms with E-state index in [-0.39, 0.29) is 17.7 Å². The molecule has 0 spiro atoms. The van der Waals surface area contributed by atoms with Crippen LogP contribution in [0.2, 0.25) is 0 Å². The molecule has 2 aliphatic rings. The summed E-state index contributed by atoms with van der Waals surface area (Å²) in [6.07, 6.45) is 10.6. The minimum absolute atomic E-state index is 0.0483. The van der Waals surface area contributed by atoms with E-state index in [2.05, 4.69) is 22.2 Å². The second-order valence-corrected chi connectivity index (χ2v) is 7.44. The van der Waals surface area contributed by atoms with E-state index in [1.165, 1.54) is 6.08 Å². The molecule has 0 saturated carbocycles. The fraction of sp³-hybridized carbons (Fsp3) is 0.450. The normalized spacial score (nSPS) is 21.6. The summed E-state index contributed by atoms with van der Waals surface area (Å²) in [7, 11) is 2.07. The molecule has 1 aliphatic heterocycles. The fourth-order valence-corrected chi connectivity index (χ4v) is 3.69. The number of likely N-dealkylation sites (N-methyl/N-ethyl adjacent to an activating group) is 1. The molecule has 2 unspecified atom stereocenters. The molecule has 2 aromatic rings. The number of hydrogen-bond donors (Lipinski definition) is 1. The first kappa shape index (κ1) is 18.6. The summed E-state index contributed by atoms with van der Waals surface area (Å²) in [4.78, 5) is 25.9. The summed E-state index contributed by atoms with van der Waals surface area (Å²) in [5.41, 5.74) is 1.49. The van der Waals surface area contributed by atoms with Crippen molar-refractivity contribution in [2.24, 2.45) is 0 Å². The van der Waals surface area contributed by atoms with Crippen molar-refractivity contribution < 1.29 is 9.18 Å². The van der Waals surface area contributed by atoms with Crippen molar-refractivity contribution in [2.75, 3.05) is 38.5 Å². The number of allylic oxidation sites excluding steroid dienone is 4. The number of halogens is 1. The third-order valence-electron chi connectivity index (χ3n) is 5.40. The second kappa shape index (κ2) is 7.71. The molecule has 0 radical (unpaired) electrons. The molecule has 1 amide bonds. The Morgan fingerprint density at radius 2 is 2.11 bits per heavy atom. The zero-order chi connectivity index (χ0) is 19.7. The van der Waals surface area contributed by atoms with Crippen LogP contribution in [0, 0.1) is 0 Å². The van der Waals surface area contributed by atoms with Crippen molar-refractivity contribution in [3.8, 4) is 0 Å². The van der Waals surface area contributed by atoms with Gasteiger partial charge < -0.3 is 15.1 Å². The van der Waals surface area contributed by atoms with Crippen molar-refractivity contribution in [3.05, 3.63) is 48.3 Å². The third kappa shape index (κ3) is 3.64. The number of carbonyl (C=O) groups excluding carboxylic acids is 1. The van der Waals surface area contributed by atoms with E-state index < -0.39 is 6.04 Å². The summed E-state index contributed by atoms with van der Waals surface area (Å²) >= 11 is 0. The Morgan fingerprint density at radius 3 is 2.82 bits per heavy atom. The molecular weight excluding hydrogens is 359 g/mol. The molecule has 4 rings (SSSR count). The lowest BCUT2D eigenvalue weighted by Gasteiger charge is -2.34. The number of rotatable bonds is 4. The maximum absolute atomic E-state index is 13.4. The lowest BCUT2D eigenvalue weighted by Crippen LogP contribution is -2.51.